The molecule has 0 spiro atoms. The molecule has 0 aliphatic rings. The molecule has 2 radical (unpaired) electrons. The number of rotatable bonds is 1. The molecule has 0 amide bonds. The van der Waals surface area contributed by atoms with Crippen LogP contribution in [0.25, 0.3) is 0 Å². The van der Waals surface area contributed by atoms with Gasteiger partial charge in [0.1, 0.15) is 0 Å². The van der Waals surface area contributed by atoms with Gasteiger partial charge in [0.05, 0.1) is 0 Å². The molecule has 0 fully saturated rings. The monoisotopic (exact) mass is 654 g/mol. The zero-order valence-electron chi connectivity index (χ0n) is 2.55. The second kappa shape index (κ2) is 6.39. The van der Waals surface area contributed by atoms with Crippen LogP contribution in [0.4, 0.5) is 0 Å². The van der Waals surface area contributed by atoms with Gasteiger partial charge in [-0.05, 0) is 0 Å². The number of hydrogen-bond acceptors (Lipinski definition) is 0. The molecule has 0 unspecified atom stereocenters. The Bertz CT molecular complexity index is 46.9. The van der Waals surface area contributed by atoms with Gasteiger partial charge in [0, 0.05) is 0 Å². The summed E-state index contributed by atoms with van der Waals surface area (Å²) < 4.78 is 4.92. The van der Waals surface area contributed by atoms with Crippen LogP contribution in [0.2, 0.25) is 0 Å². The van der Waals surface area contributed by atoms with E-state index in [0.717, 1.165) is 0 Å². The van der Waals surface area contributed by atoms with Crippen LogP contribution >= 0.6 is 0 Å². The van der Waals surface area contributed by atoms with Crippen LogP contribution < -0.4 is 0 Å². The minimum atomic E-state index is 0.00617. The predicted molar refractivity (Wildman–Crippen MR) is 30.8 cm³/mol. The van der Waals surface area contributed by atoms with Gasteiger partial charge in [-0.25, -0.2) is 0 Å². The standard InChI is InChI=1S/2CH.3Bi.H/h2*1H;;;;. The molecule has 0 heterocycles. The zero-order chi connectivity index (χ0) is 4.12. The predicted octanol–water partition coefficient (Wildman–Crippen LogP) is -1.72. The molecule has 0 aromatic rings. The van der Waals surface area contributed by atoms with Crippen molar-refractivity contribution in [2.45, 2.75) is 0 Å². The van der Waals surface area contributed by atoms with Crippen LogP contribution in [0.1, 0.15) is 0 Å². The molecule has 0 aromatic carbocycles. The Balaban J connectivity index is 2.92. The van der Waals surface area contributed by atoms with Crippen molar-refractivity contribution in [1.29, 1.82) is 0 Å². The second-order valence-electron chi connectivity index (χ2n) is 0.394. The normalized spacial score (nSPS) is 9.00. The molecule has 0 saturated heterocycles. The SMILES string of the molecule is [Bi]=[CH][Bi]=[CH][BiH]. The topological polar surface area (TPSA) is 0 Å². The first kappa shape index (κ1) is 7.39. The van der Waals surface area contributed by atoms with Gasteiger partial charge in [0.15, 0.2) is 0 Å². The maximum atomic E-state index is 2.47. The fraction of sp³-hybridized carbons (Fsp3) is 0. The Kier molecular flexibility index (Phi) is 9.44. The Morgan fingerprint density at radius 1 is 1.80 bits per heavy atom. The summed E-state index contributed by atoms with van der Waals surface area (Å²) in [7, 11) is 0. The first-order chi connectivity index (χ1) is 2.41. The molecular formula is C2H3Bi3. The molecule has 26 valence electrons. The molecule has 0 aliphatic heterocycles. The zero-order valence-corrected chi connectivity index (χ0v) is 13.4. The first-order valence-electron chi connectivity index (χ1n) is 1.06. The molecule has 0 bridgehead atoms. The van der Waals surface area contributed by atoms with E-state index in [-0.39, 0.29) is 22.8 Å². The molecule has 0 saturated carbocycles. The van der Waals surface area contributed by atoms with E-state index in [1.165, 1.54) is 49.0 Å². The Morgan fingerprint density at radius 2 is 2.40 bits per heavy atom. The van der Waals surface area contributed by atoms with Crippen molar-refractivity contribution in [3.8, 4) is 0 Å². The van der Waals surface area contributed by atoms with Crippen LogP contribution in [0, 0.1) is 0 Å². The molecule has 5 heavy (non-hydrogen) atoms. The van der Waals surface area contributed by atoms with E-state index in [0.29, 0.717) is 0 Å². The van der Waals surface area contributed by atoms with Gasteiger partial charge in [-0.3, -0.25) is 0 Å². The molecular weight excluding hydrogens is 651 g/mol. The van der Waals surface area contributed by atoms with Crippen LogP contribution in [0.3, 0.4) is 0 Å². The van der Waals surface area contributed by atoms with Crippen LogP contribution in [0.15, 0.2) is 0 Å². The van der Waals surface area contributed by atoms with Gasteiger partial charge in [0.25, 0.3) is 0 Å². The van der Waals surface area contributed by atoms with Crippen LogP contribution in [-0.4, -0.2) is 74.5 Å². The van der Waals surface area contributed by atoms with E-state index in [2.05, 4.69) is 2.83 Å². The first-order valence-corrected chi connectivity index (χ1v) is 9.33. The Morgan fingerprint density at radius 3 is 2.40 bits per heavy atom. The fourth-order valence-electron chi connectivity index (χ4n) is 0.0333. The van der Waals surface area contributed by atoms with Crippen molar-refractivity contribution in [3.63, 3.8) is 0 Å². The maximum absolute atomic E-state index is 2.47. The summed E-state index contributed by atoms with van der Waals surface area (Å²) in [5.74, 6) is 0. The molecule has 0 aliphatic carbocycles. The second-order valence-corrected chi connectivity index (χ2v) is 20.1. The van der Waals surface area contributed by atoms with Gasteiger partial charge < -0.3 is 0 Å². The van der Waals surface area contributed by atoms with Gasteiger partial charge >= 0.3 is 74.5 Å². The van der Waals surface area contributed by atoms with E-state index in [1.807, 2.05) is 0 Å². The average molecular weight is 654 g/mol. The van der Waals surface area contributed by atoms with E-state index < -0.39 is 0 Å². The summed E-state index contributed by atoms with van der Waals surface area (Å²) >= 11 is 2.85. The van der Waals surface area contributed by atoms with Crippen molar-refractivity contribution in [3.05, 3.63) is 0 Å². The van der Waals surface area contributed by atoms with Gasteiger partial charge in [-0.1, -0.05) is 0 Å². The minimum absolute atomic E-state index is 0.00617. The number of hydrogen-bond donors (Lipinski definition) is 0. The van der Waals surface area contributed by atoms with Crippen molar-refractivity contribution < 1.29 is 0 Å². The fourth-order valence-corrected chi connectivity index (χ4v) is 22.5. The van der Waals surface area contributed by atoms with E-state index in [9.17, 15) is 0 Å². The summed E-state index contributed by atoms with van der Waals surface area (Å²) in [6.07, 6.45) is 0. The van der Waals surface area contributed by atoms with E-state index >= 15 is 0 Å². The molecule has 0 atom stereocenters. The van der Waals surface area contributed by atoms with Gasteiger partial charge in [-0.15, -0.1) is 0 Å². The summed E-state index contributed by atoms with van der Waals surface area (Å²) in [5.41, 5.74) is 0. The van der Waals surface area contributed by atoms with Crippen LogP contribution in [-0.2, 0) is 0 Å². The Hall–Kier alpha value is 2.39. The molecule has 0 rings (SSSR count). The Labute approximate surface area is 72.9 Å². The van der Waals surface area contributed by atoms with Crippen LogP contribution in [0.5, 0.6) is 0 Å². The summed E-state index contributed by atoms with van der Waals surface area (Å²) in [4.78, 5) is 0. The van der Waals surface area contributed by atoms with Crippen molar-refractivity contribution in [2.24, 2.45) is 0 Å². The van der Waals surface area contributed by atoms with Crippen molar-refractivity contribution in [1.82, 2.24) is 0 Å². The average Bonchev–Trinajstić information content (AvgIpc) is 1.41. The molecule has 0 nitrogen and oxygen atoms in total. The quantitative estimate of drug-likeness (QED) is 0.296. The van der Waals surface area contributed by atoms with Crippen molar-refractivity contribution >= 4 is 74.5 Å². The third-order valence-corrected chi connectivity index (χ3v) is 10.9. The van der Waals surface area contributed by atoms with Gasteiger partial charge in [-0.2, -0.15) is 0 Å². The third-order valence-electron chi connectivity index (χ3n) is 0.141. The van der Waals surface area contributed by atoms with E-state index in [1.54, 1.807) is 0 Å². The molecule has 0 N–H and O–H groups in total. The third kappa shape index (κ3) is 6.39. The molecule has 0 aromatic heterocycles. The molecule has 3 heteroatoms. The van der Waals surface area contributed by atoms with E-state index in [4.69, 9.17) is 0 Å². The summed E-state index contributed by atoms with van der Waals surface area (Å²) in [6, 6.07) is 0. The summed E-state index contributed by atoms with van der Waals surface area (Å²) in [5, 5.41) is 0. The summed E-state index contributed by atoms with van der Waals surface area (Å²) in [6.45, 7) is 0. The van der Waals surface area contributed by atoms with Crippen molar-refractivity contribution in [2.75, 3.05) is 0 Å². The van der Waals surface area contributed by atoms with Gasteiger partial charge in [0.2, 0.25) is 0 Å².